The highest BCUT2D eigenvalue weighted by atomic mass is 79.9. The summed E-state index contributed by atoms with van der Waals surface area (Å²) in [6, 6.07) is 9.77. The van der Waals surface area contributed by atoms with Crippen LogP contribution in [-0.2, 0) is 9.53 Å². The lowest BCUT2D eigenvalue weighted by Crippen LogP contribution is -2.12. The van der Waals surface area contributed by atoms with Gasteiger partial charge in [0.05, 0.1) is 7.11 Å². The number of esters is 1. The van der Waals surface area contributed by atoms with Crippen LogP contribution in [0.3, 0.4) is 0 Å². The van der Waals surface area contributed by atoms with E-state index in [2.05, 4.69) is 20.7 Å². The summed E-state index contributed by atoms with van der Waals surface area (Å²) >= 11 is 3.20. The van der Waals surface area contributed by atoms with E-state index in [1.165, 1.54) is 7.11 Å². The summed E-state index contributed by atoms with van der Waals surface area (Å²) in [7, 11) is 1.37. The highest BCUT2D eigenvalue weighted by Gasteiger charge is 2.09. The maximum Gasteiger partial charge on any atom is 0.323 e. The van der Waals surface area contributed by atoms with Gasteiger partial charge in [0.2, 0.25) is 0 Å². The number of methoxy groups -OCH3 is 1. The van der Waals surface area contributed by atoms with Gasteiger partial charge in [-0.3, -0.25) is 4.79 Å². The van der Waals surface area contributed by atoms with Crippen LogP contribution in [0.25, 0.3) is 6.08 Å². The van der Waals surface area contributed by atoms with Crippen molar-refractivity contribution in [3.05, 3.63) is 42.0 Å². The summed E-state index contributed by atoms with van der Waals surface area (Å²) in [4.78, 5) is 10.6. The van der Waals surface area contributed by atoms with Gasteiger partial charge in [-0.2, -0.15) is 0 Å². The van der Waals surface area contributed by atoms with Gasteiger partial charge in [0.15, 0.2) is 0 Å². The van der Waals surface area contributed by atoms with E-state index in [0.29, 0.717) is 0 Å². The highest BCUT2D eigenvalue weighted by Crippen LogP contribution is 2.08. The molecule has 0 bridgehead atoms. The van der Waals surface area contributed by atoms with Gasteiger partial charge in [-0.05, 0) is 5.56 Å². The van der Waals surface area contributed by atoms with Crippen LogP contribution < -0.4 is 0 Å². The van der Waals surface area contributed by atoms with Gasteiger partial charge >= 0.3 is 5.97 Å². The Bertz CT molecular complexity index is 319. The Labute approximate surface area is 91.7 Å². The first-order chi connectivity index (χ1) is 6.74. The molecule has 2 nitrogen and oxygen atoms in total. The molecule has 1 rings (SSSR count). The fraction of sp³-hybridized carbons (Fsp3) is 0.182. The third-order valence-corrected chi connectivity index (χ3v) is 2.36. The van der Waals surface area contributed by atoms with Crippen molar-refractivity contribution in [2.45, 2.75) is 4.83 Å². The van der Waals surface area contributed by atoms with Gasteiger partial charge in [0.25, 0.3) is 0 Å². The maximum atomic E-state index is 11.0. The molecule has 0 radical (unpaired) electrons. The number of hydrogen-bond acceptors (Lipinski definition) is 2. The molecule has 14 heavy (non-hydrogen) atoms. The Kier molecular flexibility index (Phi) is 4.40. The van der Waals surface area contributed by atoms with E-state index >= 15 is 0 Å². The van der Waals surface area contributed by atoms with Crippen LogP contribution in [0.2, 0.25) is 0 Å². The van der Waals surface area contributed by atoms with Gasteiger partial charge in [0, 0.05) is 0 Å². The molecule has 0 heterocycles. The van der Waals surface area contributed by atoms with Gasteiger partial charge < -0.3 is 4.74 Å². The minimum Gasteiger partial charge on any atom is -0.468 e. The largest absolute Gasteiger partial charge is 0.468 e. The Balaban J connectivity index is 2.60. The van der Waals surface area contributed by atoms with Crippen LogP contribution in [0.15, 0.2) is 36.4 Å². The lowest BCUT2D eigenvalue weighted by Gasteiger charge is -2.00. The second-order valence-corrected chi connectivity index (χ2v) is 3.68. The smallest absolute Gasteiger partial charge is 0.323 e. The van der Waals surface area contributed by atoms with Crippen molar-refractivity contribution in [3.63, 3.8) is 0 Å². The molecule has 0 aliphatic rings. The average Bonchev–Trinajstić information content (AvgIpc) is 2.26. The summed E-state index contributed by atoms with van der Waals surface area (Å²) in [6.07, 6.45) is 3.62. The molecule has 1 atom stereocenters. The monoisotopic (exact) mass is 254 g/mol. The molecule has 0 amide bonds. The van der Waals surface area contributed by atoms with Crippen molar-refractivity contribution in [2.75, 3.05) is 7.11 Å². The molecular formula is C11H11BrO2. The van der Waals surface area contributed by atoms with Crippen LogP contribution in [0.4, 0.5) is 0 Å². The Morgan fingerprint density at radius 1 is 1.43 bits per heavy atom. The van der Waals surface area contributed by atoms with Crippen molar-refractivity contribution in [2.24, 2.45) is 0 Å². The number of benzene rings is 1. The zero-order chi connectivity index (χ0) is 10.4. The lowest BCUT2D eigenvalue weighted by molar-refractivity contribution is -0.138. The molecule has 0 saturated carbocycles. The molecule has 3 heteroatoms. The number of hydrogen-bond donors (Lipinski definition) is 0. The molecule has 1 aromatic rings. The number of ether oxygens (including phenoxy) is 1. The molecule has 0 N–H and O–H groups in total. The van der Waals surface area contributed by atoms with Gasteiger partial charge in [-0.15, -0.1) is 0 Å². The van der Waals surface area contributed by atoms with Crippen molar-refractivity contribution in [1.82, 2.24) is 0 Å². The zero-order valence-corrected chi connectivity index (χ0v) is 9.40. The van der Waals surface area contributed by atoms with E-state index in [1.807, 2.05) is 36.4 Å². The Hall–Kier alpha value is -1.09. The topological polar surface area (TPSA) is 26.3 Å². The van der Waals surface area contributed by atoms with Crippen molar-refractivity contribution in [1.29, 1.82) is 0 Å². The summed E-state index contributed by atoms with van der Waals surface area (Å²) < 4.78 is 4.56. The predicted molar refractivity (Wildman–Crippen MR) is 60.2 cm³/mol. The fourth-order valence-corrected chi connectivity index (χ4v) is 1.29. The van der Waals surface area contributed by atoms with Gasteiger partial charge in [0.1, 0.15) is 4.83 Å². The SMILES string of the molecule is COC(=O)C(Br)C=Cc1ccccc1. The van der Waals surface area contributed by atoms with E-state index in [-0.39, 0.29) is 10.8 Å². The summed E-state index contributed by atoms with van der Waals surface area (Å²) in [5.74, 6) is -0.294. The zero-order valence-electron chi connectivity index (χ0n) is 7.81. The quantitative estimate of drug-likeness (QED) is 0.613. The third kappa shape index (κ3) is 3.34. The van der Waals surface area contributed by atoms with Crippen molar-refractivity contribution >= 4 is 28.0 Å². The average molecular weight is 255 g/mol. The molecule has 0 aliphatic carbocycles. The van der Waals surface area contributed by atoms with E-state index in [1.54, 1.807) is 6.08 Å². The van der Waals surface area contributed by atoms with Crippen LogP contribution in [-0.4, -0.2) is 17.9 Å². The molecule has 0 aromatic heterocycles. The molecule has 74 valence electrons. The Morgan fingerprint density at radius 3 is 2.64 bits per heavy atom. The molecule has 1 unspecified atom stereocenters. The molecule has 0 fully saturated rings. The first kappa shape index (κ1) is 11.0. The summed E-state index contributed by atoms with van der Waals surface area (Å²) in [5.41, 5.74) is 1.06. The van der Waals surface area contributed by atoms with Crippen LogP contribution in [0, 0.1) is 0 Å². The molecule has 0 spiro atoms. The summed E-state index contributed by atoms with van der Waals surface area (Å²) in [5, 5.41) is 0. The predicted octanol–water partition coefficient (Wildman–Crippen LogP) is 2.64. The highest BCUT2D eigenvalue weighted by molar-refractivity contribution is 9.10. The first-order valence-corrected chi connectivity index (χ1v) is 5.11. The normalized spacial score (nSPS) is 12.7. The van der Waals surface area contributed by atoms with Gasteiger partial charge in [-0.25, -0.2) is 0 Å². The van der Waals surface area contributed by atoms with E-state index < -0.39 is 0 Å². The summed E-state index contributed by atoms with van der Waals surface area (Å²) in [6.45, 7) is 0. The Morgan fingerprint density at radius 2 is 2.07 bits per heavy atom. The van der Waals surface area contributed by atoms with E-state index in [4.69, 9.17) is 0 Å². The fourth-order valence-electron chi connectivity index (χ4n) is 0.951. The van der Waals surface area contributed by atoms with Crippen molar-refractivity contribution in [3.8, 4) is 0 Å². The van der Waals surface area contributed by atoms with E-state index in [0.717, 1.165) is 5.56 Å². The molecule has 0 saturated heterocycles. The van der Waals surface area contributed by atoms with Crippen molar-refractivity contribution < 1.29 is 9.53 Å². The second kappa shape index (κ2) is 5.60. The minimum absolute atomic E-state index is 0.294. The maximum absolute atomic E-state index is 11.0. The number of alkyl halides is 1. The minimum atomic E-state index is -0.382. The molecule has 0 aliphatic heterocycles. The van der Waals surface area contributed by atoms with E-state index in [9.17, 15) is 4.79 Å². The third-order valence-electron chi connectivity index (χ3n) is 1.68. The number of carbonyl (C=O) groups excluding carboxylic acids is 1. The van der Waals surface area contributed by atoms with Crippen LogP contribution in [0.5, 0.6) is 0 Å². The number of rotatable bonds is 3. The second-order valence-electron chi connectivity index (χ2n) is 2.69. The lowest BCUT2D eigenvalue weighted by atomic mass is 10.2. The number of halogens is 1. The van der Waals surface area contributed by atoms with Crippen LogP contribution >= 0.6 is 15.9 Å². The number of carbonyl (C=O) groups is 1. The molecule has 1 aromatic carbocycles. The molecular weight excluding hydrogens is 244 g/mol. The van der Waals surface area contributed by atoms with Crippen LogP contribution in [0.1, 0.15) is 5.56 Å². The van der Waals surface area contributed by atoms with Gasteiger partial charge in [-0.1, -0.05) is 58.4 Å². The standard InChI is InChI=1S/C11H11BrO2/c1-14-11(13)10(12)8-7-9-5-3-2-4-6-9/h2-8,10H,1H3. The first-order valence-electron chi connectivity index (χ1n) is 4.19.